The predicted molar refractivity (Wildman–Crippen MR) is 103 cm³/mol. The Bertz CT molecular complexity index is 834. The summed E-state index contributed by atoms with van der Waals surface area (Å²) in [5, 5.41) is 11.2. The number of fused-ring (bicyclic) bond motifs is 5. The van der Waals surface area contributed by atoms with E-state index in [9.17, 15) is 19.5 Å². The molecule has 5 heteroatoms. The first kappa shape index (κ1) is 19.3. The molecule has 0 spiro atoms. The molecule has 3 unspecified atom stereocenters. The highest BCUT2D eigenvalue weighted by atomic mass is 16.5. The first-order chi connectivity index (χ1) is 13.2. The summed E-state index contributed by atoms with van der Waals surface area (Å²) in [6.45, 7) is 5.28. The lowest BCUT2D eigenvalue weighted by Gasteiger charge is -2.58. The number of rotatable bonds is 3. The van der Waals surface area contributed by atoms with Gasteiger partial charge in [-0.3, -0.25) is 14.4 Å². The zero-order chi connectivity index (χ0) is 20.3. The molecule has 4 rings (SSSR count). The quantitative estimate of drug-likeness (QED) is 0.757. The van der Waals surface area contributed by atoms with Gasteiger partial charge in [0, 0.05) is 29.2 Å². The number of aliphatic hydroxyl groups is 1. The van der Waals surface area contributed by atoms with E-state index in [0.29, 0.717) is 12.0 Å². The summed E-state index contributed by atoms with van der Waals surface area (Å²) in [5.41, 5.74) is 1.13. The number of allylic oxidation sites excluding steroid dienone is 5. The number of carbonyl (C=O) groups excluding carboxylic acids is 3. The molecule has 2 fully saturated rings. The van der Waals surface area contributed by atoms with Crippen molar-refractivity contribution < 1.29 is 24.2 Å². The van der Waals surface area contributed by atoms with E-state index in [-0.39, 0.29) is 41.3 Å². The van der Waals surface area contributed by atoms with E-state index in [1.807, 2.05) is 12.2 Å². The van der Waals surface area contributed by atoms with Gasteiger partial charge in [0.15, 0.2) is 18.2 Å². The number of Topliss-reactive ketones (excluding diaryl/α,β-unsaturated/α-hetero) is 1. The largest absolute Gasteiger partial charge is 0.457 e. The smallest absolute Gasteiger partial charge is 0.303 e. The third-order valence-corrected chi connectivity index (χ3v) is 7.78. The fourth-order valence-electron chi connectivity index (χ4n) is 6.57. The van der Waals surface area contributed by atoms with Crippen molar-refractivity contribution in [3.8, 4) is 0 Å². The van der Waals surface area contributed by atoms with Crippen LogP contribution in [0.15, 0.2) is 35.5 Å². The van der Waals surface area contributed by atoms with E-state index >= 15 is 0 Å². The Morgan fingerprint density at radius 2 is 2.07 bits per heavy atom. The van der Waals surface area contributed by atoms with Crippen LogP contribution in [0.2, 0.25) is 0 Å². The highest BCUT2D eigenvalue weighted by Gasteiger charge is 2.60. The minimum Gasteiger partial charge on any atom is -0.457 e. The van der Waals surface area contributed by atoms with Crippen LogP contribution in [0, 0.1) is 28.6 Å². The molecule has 28 heavy (non-hydrogen) atoms. The van der Waals surface area contributed by atoms with Crippen LogP contribution in [0.3, 0.4) is 0 Å². The maximum Gasteiger partial charge on any atom is 0.303 e. The van der Waals surface area contributed by atoms with Gasteiger partial charge in [-0.1, -0.05) is 31.6 Å². The Hall–Kier alpha value is -2.01. The van der Waals surface area contributed by atoms with E-state index in [4.69, 9.17) is 4.74 Å². The monoisotopic (exact) mass is 384 g/mol. The fraction of sp³-hybridized carbons (Fsp3) is 0.609. The van der Waals surface area contributed by atoms with Crippen molar-refractivity contribution in [3.63, 3.8) is 0 Å². The average molecular weight is 384 g/mol. The molecule has 2 saturated carbocycles. The molecule has 1 N–H and O–H groups in total. The Morgan fingerprint density at radius 1 is 1.32 bits per heavy atom. The van der Waals surface area contributed by atoms with Gasteiger partial charge >= 0.3 is 5.97 Å². The van der Waals surface area contributed by atoms with Crippen molar-refractivity contribution in [1.29, 1.82) is 0 Å². The van der Waals surface area contributed by atoms with Gasteiger partial charge in [0.2, 0.25) is 0 Å². The van der Waals surface area contributed by atoms with Gasteiger partial charge in [-0.05, 0) is 49.7 Å². The first-order valence-corrected chi connectivity index (χ1v) is 10.2. The fourth-order valence-corrected chi connectivity index (χ4v) is 6.57. The summed E-state index contributed by atoms with van der Waals surface area (Å²) in [6, 6.07) is 0. The normalized spacial score (nSPS) is 41.4. The van der Waals surface area contributed by atoms with Gasteiger partial charge in [0.05, 0.1) is 6.10 Å². The second-order valence-electron chi connectivity index (χ2n) is 9.27. The zero-order valence-electron chi connectivity index (χ0n) is 16.7. The topological polar surface area (TPSA) is 80.7 Å². The van der Waals surface area contributed by atoms with Gasteiger partial charge in [0.1, 0.15) is 0 Å². The van der Waals surface area contributed by atoms with Crippen molar-refractivity contribution in [2.75, 3.05) is 6.61 Å². The minimum atomic E-state index is -0.555. The summed E-state index contributed by atoms with van der Waals surface area (Å²) in [7, 11) is 0. The number of hydrogen-bond donors (Lipinski definition) is 1. The van der Waals surface area contributed by atoms with Crippen molar-refractivity contribution in [3.05, 3.63) is 35.5 Å². The molecule has 0 aromatic carbocycles. The minimum absolute atomic E-state index is 0.0296. The molecule has 150 valence electrons. The second-order valence-corrected chi connectivity index (χ2v) is 9.27. The van der Waals surface area contributed by atoms with Gasteiger partial charge in [-0.2, -0.15) is 0 Å². The second kappa shape index (κ2) is 6.51. The van der Waals surface area contributed by atoms with Gasteiger partial charge in [-0.15, -0.1) is 0 Å². The van der Waals surface area contributed by atoms with E-state index in [2.05, 4.69) is 13.8 Å². The molecule has 4 aliphatic carbocycles. The van der Waals surface area contributed by atoms with Crippen LogP contribution in [0.1, 0.15) is 46.5 Å². The molecule has 0 aliphatic heterocycles. The number of aliphatic hydroxyl groups excluding tert-OH is 1. The van der Waals surface area contributed by atoms with Crippen LogP contribution >= 0.6 is 0 Å². The van der Waals surface area contributed by atoms with Crippen LogP contribution in [0.25, 0.3) is 0 Å². The van der Waals surface area contributed by atoms with Crippen molar-refractivity contribution in [2.45, 2.75) is 52.6 Å². The lowest BCUT2D eigenvalue weighted by molar-refractivity contribution is -0.145. The number of hydrogen-bond acceptors (Lipinski definition) is 5. The SMILES string of the molecule is CC(=O)OCC(=O)C1=CCC2C3CCC4=CC(=O)C=C[C@]4(C)C3[C@H](O)C[C@]12C. The summed E-state index contributed by atoms with van der Waals surface area (Å²) in [6.07, 6.45) is 9.91. The average Bonchev–Trinajstić information content (AvgIpc) is 2.96. The number of ketones is 2. The van der Waals surface area contributed by atoms with Crippen molar-refractivity contribution in [1.82, 2.24) is 0 Å². The van der Waals surface area contributed by atoms with E-state index in [0.717, 1.165) is 24.8 Å². The van der Waals surface area contributed by atoms with Crippen LogP contribution in [-0.2, 0) is 19.1 Å². The van der Waals surface area contributed by atoms with Crippen LogP contribution in [0.4, 0.5) is 0 Å². The van der Waals surface area contributed by atoms with Crippen LogP contribution in [0.5, 0.6) is 0 Å². The van der Waals surface area contributed by atoms with Crippen molar-refractivity contribution in [2.24, 2.45) is 28.6 Å². The molecule has 0 heterocycles. The molecule has 0 radical (unpaired) electrons. The lowest BCUT2D eigenvalue weighted by atomic mass is 9.47. The molecule has 6 atom stereocenters. The summed E-state index contributed by atoms with van der Waals surface area (Å²) < 4.78 is 4.93. The zero-order valence-corrected chi connectivity index (χ0v) is 16.7. The van der Waals surface area contributed by atoms with Gasteiger partial charge in [0.25, 0.3) is 0 Å². The lowest BCUT2D eigenvalue weighted by Crippen LogP contribution is -2.55. The highest BCUT2D eigenvalue weighted by Crippen LogP contribution is 2.64. The Balaban J connectivity index is 1.63. The van der Waals surface area contributed by atoms with Crippen LogP contribution < -0.4 is 0 Å². The molecule has 5 nitrogen and oxygen atoms in total. The van der Waals surface area contributed by atoms with Crippen molar-refractivity contribution >= 4 is 17.5 Å². The van der Waals surface area contributed by atoms with E-state index in [1.165, 1.54) is 6.92 Å². The number of carbonyl (C=O) groups is 3. The van der Waals surface area contributed by atoms with Gasteiger partial charge < -0.3 is 9.84 Å². The Labute approximate surface area is 165 Å². The van der Waals surface area contributed by atoms with Crippen LogP contribution in [-0.4, -0.2) is 35.4 Å². The maximum atomic E-state index is 12.7. The maximum absolute atomic E-state index is 12.7. The molecule has 0 amide bonds. The van der Waals surface area contributed by atoms with E-state index in [1.54, 1.807) is 12.2 Å². The first-order valence-electron chi connectivity index (χ1n) is 10.2. The Morgan fingerprint density at radius 3 is 2.79 bits per heavy atom. The highest BCUT2D eigenvalue weighted by molar-refractivity contribution is 6.01. The molecule has 0 bridgehead atoms. The van der Waals surface area contributed by atoms with Gasteiger partial charge in [-0.25, -0.2) is 0 Å². The van der Waals surface area contributed by atoms with E-state index < -0.39 is 17.5 Å². The molecular weight excluding hydrogens is 356 g/mol. The third-order valence-electron chi connectivity index (χ3n) is 7.78. The number of ether oxygens (including phenoxy) is 1. The molecule has 4 aliphatic rings. The Kier molecular flexibility index (Phi) is 4.49. The standard InChI is InChI=1S/C23H28O5/c1-13(24)28-12-20(27)18-7-6-17-16-5-4-14-10-15(25)8-9-22(14,2)21(16)19(26)11-23(17,18)3/h7-10,16-17,19,21,26H,4-6,11-12H2,1-3H3/t16?,17?,19-,21?,22+,23+/m1/s1. The third kappa shape index (κ3) is 2.74. The molecular formula is C23H28O5. The molecule has 0 aromatic rings. The number of esters is 1. The summed E-state index contributed by atoms with van der Waals surface area (Å²) in [4.78, 5) is 35.7. The molecule has 0 saturated heterocycles. The summed E-state index contributed by atoms with van der Waals surface area (Å²) in [5.74, 6) is 0.0194. The molecule has 0 aromatic heterocycles. The summed E-state index contributed by atoms with van der Waals surface area (Å²) >= 11 is 0. The predicted octanol–water partition coefficient (Wildman–Crippen LogP) is 2.93.